The number of aliphatic hydroxyl groups is 1. The molecule has 6 nitrogen and oxygen atoms in total. The zero-order valence-corrected chi connectivity index (χ0v) is 11.8. The molecular formula is C13H16N4O2S. The van der Waals surface area contributed by atoms with E-state index in [9.17, 15) is 9.90 Å². The number of rotatable bonds is 3. The van der Waals surface area contributed by atoms with Crippen LogP contribution in [-0.4, -0.2) is 50.4 Å². The largest absolute Gasteiger partial charge is 0.392 e. The number of amides is 1. The third-order valence-electron chi connectivity index (χ3n) is 3.41. The van der Waals surface area contributed by atoms with E-state index in [0.717, 1.165) is 42.1 Å². The highest BCUT2D eigenvalue weighted by Gasteiger charge is 2.20. The Morgan fingerprint density at radius 2 is 2.40 bits per heavy atom. The Hall–Kier alpha value is -1.57. The maximum absolute atomic E-state index is 12.1. The van der Waals surface area contributed by atoms with Crippen molar-refractivity contribution >= 4 is 34.4 Å². The van der Waals surface area contributed by atoms with Gasteiger partial charge in [0.25, 0.3) is 0 Å². The molecule has 1 aliphatic heterocycles. The lowest BCUT2D eigenvalue weighted by molar-refractivity contribution is -0.118. The summed E-state index contributed by atoms with van der Waals surface area (Å²) in [6.07, 6.45) is 1.44. The predicted molar refractivity (Wildman–Crippen MR) is 77.7 cm³/mol. The Morgan fingerprint density at radius 1 is 1.50 bits per heavy atom. The fourth-order valence-electron chi connectivity index (χ4n) is 2.47. The molecular weight excluding hydrogens is 276 g/mol. The molecule has 2 aromatic rings. The smallest absolute Gasteiger partial charge is 0.238 e. The van der Waals surface area contributed by atoms with Crippen LogP contribution in [-0.2, 0) is 4.79 Å². The highest BCUT2D eigenvalue weighted by Crippen LogP contribution is 2.21. The minimum absolute atomic E-state index is 0.0837. The monoisotopic (exact) mass is 292 g/mol. The van der Waals surface area contributed by atoms with Crippen LogP contribution in [0.3, 0.4) is 0 Å². The van der Waals surface area contributed by atoms with Crippen molar-refractivity contribution in [3.63, 3.8) is 0 Å². The van der Waals surface area contributed by atoms with Crippen LogP contribution in [0.2, 0.25) is 0 Å². The maximum atomic E-state index is 12.1. The van der Waals surface area contributed by atoms with Gasteiger partial charge in [0.05, 0.1) is 30.1 Å². The molecule has 1 aromatic carbocycles. The second-order valence-corrected chi connectivity index (χ2v) is 5.55. The maximum Gasteiger partial charge on any atom is 0.238 e. The molecule has 0 aliphatic carbocycles. The number of β-amino-alcohol motifs (C(OH)–C–C–N with tert-alkyl or cyclic N) is 1. The molecule has 1 aromatic heterocycles. The van der Waals surface area contributed by atoms with E-state index in [1.165, 1.54) is 0 Å². The van der Waals surface area contributed by atoms with Gasteiger partial charge < -0.3 is 10.4 Å². The Morgan fingerprint density at radius 3 is 3.25 bits per heavy atom. The molecule has 20 heavy (non-hydrogen) atoms. The second-order valence-electron chi connectivity index (χ2n) is 5.02. The minimum atomic E-state index is -0.317. The van der Waals surface area contributed by atoms with Crippen LogP contribution in [0, 0.1) is 0 Å². The Balaban J connectivity index is 1.65. The van der Waals surface area contributed by atoms with E-state index in [-0.39, 0.29) is 12.0 Å². The lowest BCUT2D eigenvalue weighted by Crippen LogP contribution is -2.42. The van der Waals surface area contributed by atoms with Crippen molar-refractivity contribution in [1.29, 1.82) is 0 Å². The van der Waals surface area contributed by atoms with Gasteiger partial charge in [-0.2, -0.15) is 8.75 Å². The number of piperidine rings is 1. The zero-order valence-electron chi connectivity index (χ0n) is 11.0. The number of carbonyl (C=O) groups excluding carboxylic acids is 1. The van der Waals surface area contributed by atoms with Gasteiger partial charge in [-0.1, -0.05) is 6.07 Å². The summed E-state index contributed by atoms with van der Waals surface area (Å²) < 4.78 is 8.34. The van der Waals surface area contributed by atoms with Crippen molar-refractivity contribution in [2.45, 2.75) is 18.9 Å². The number of fused-ring (bicyclic) bond motifs is 1. The average molecular weight is 292 g/mol. The molecule has 1 aliphatic rings. The number of carbonyl (C=O) groups is 1. The summed E-state index contributed by atoms with van der Waals surface area (Å²) >= 11 is 1.14. The number of hydrogen-bond donors (Lipinski definition) is 2. The normalized spacial score (nSPS) is 20.1. The van der Waals surface area contributed by atoms with Gasteiger partial charge in [0.1, 0.15) is 11.0 Å². The molecule has 3 rings (SSSR count). The number of hydrogen-bond acceptors (Lipinski definition) is 6. The van der Waals surface area contributed by atoms with Gasteiger partial charge in [-0.25, -0.2) is 0 Å². The van der Waals surface area contributed by atoms with Crippen LogP contribution in [0.5, 0.6) is 0 Å². The van der Waals surface area contributed by atoms with Gasteiger partial charge >= 0.3 is 0 Å². The molecule has 1 saturated heterocycles. The van der Waals surface area contributed by atoms with Gasteiger partial charge in [-0.3, -0.25) is 9.69 Å². The zero-order chi connectivity index (χ0) is 13.9. The van der Waals surface area contributed by atoms with E-state index in [4.69, 9.17) is 0 Å². The molecule has 1 fully saturated rings. The summed E-state index contributed by atoms with van der Waals surface area (Å²) in [5, 5.41) is 12.5. The topological polar surface area (TPSA) is 78.4 Å². The molecule has 7 heteroatoms. The fraction of sp³-hybridized carbons (Fsp3) is 0.462. The first-order valence-electron chi connectivity index (χ1n) is 6.64. The quantitative estimate of drug-likeness (QED) is 0.885. The van der Waals surface area contributed by atoms with E-state index in [1.54, 1.807) is 0 Å². The molecule has 1 unspecified atom stereocenters. The molecule has 1 amide bonds. The van der Waals surface area contributed by atoms with Gasteiger partial charge in [0, 0.05) is 6.54 Å². The van der Waals surface area contributed by atoms with Gasteiger partial charge in [-0.05, 0) is 31.5 Å². The molecule has 0 radical (unpaired) electrons. The Labute approximate surface area is 120 Å². The number of anilines is 1. The van der Waals surface area contributed by atoms with E-state index in [2.05, 4.69) is 14.1 Å². The number of nitrogens with one attached hydrogen (secondary N) is 1. The molecule has 2 N–H and O–H groups in total. The summed E-state index contributed by atoms with van der Waals surface area (Å²) in [5.74, 6) is -0.0837. The van der Waals surface area contributed by atoms with Crippen molar-refractivity contribution in [3.8, 4) is 0 Å². The molecule has 2 heterocycles. The van der Waals surface area contributed by atoms with Gasteiger partial charge in [0.15, 0.2) is 0 Å². The number of aliphatic hydroxyl groups excluding tert-OH is 1. The summed E-state index contributed by atoms with van der Waals surface area (Å²) in [4.78, 5) is 14.0. The van der Waals surface area contributed by atoms with Crippen molar-refractivity contribution in [1.82, 2.24) is 13.6 Å². The van der Waals surface area contributed by atoms with Gasteiger partial charge in [0.2, 0.25) is 5.91 Å². The number of nitrogens with zero attached hydrogens (tertiary/aromatic N) is 3. The Bertz CT molecular complexity index is 615. The van der Waals surface area contributed by atoms with Crippen molar-refractivity contribution in [2.24, 2.45) is 0 Å². The van der Waals surface area contributed by atoms with E-state index in [0.29, 0.717) is 18.8 Å². The third kappa shape index (κ3) is 2.95. The summed E-state index contributed by atoms with van der Waals surface area (Å²) in [6, 6.07) is 5.55. The van der Waals surface area contributed by atoms with E-state index >= 15 is 0 Å². The van der Waals surface area contributed by atoms with Crippen molar-refractivity contribution < 1.29 is 9.90 Å². The summed E-state index contributed by atoms with van der Waals surface area (Å²) in [5.41, 5.74) is 2.21. The lowest BCUT2D eigenvalue weighted by atomic mass is 10.1. The predicted octanol–water partition coefficient (Wildman–Crippen LogP) is 1.09. The highest BCUT2D eigenvalue weighted by atomic mass is 32.1. The SMILES string of the molecule is O=C(CN1CCCC(O)C1)Nc1cccc2nsnc12. The van der Waals surface area contributed by atoms with Crippen molar-refractivity contribution in [3.05, 3.63) is 18.2 Å². The number of aromatic nitrogens is 2. The van der Waals surface area contributed by atoms with Crippen LogP contribution < -0.4 is 5.32 Å². The molecule has 106 valence electrons. The summed E-state index contributed by atoms with van der Waals surface area (Å²) in [6.45, 7) is 1.72. The second kappa shape index (κ2) is 5.82. The van der Waals surface area contributed by atoms with Crippen LogP contribution in [0.15, 0.2) is 18.2 Å². The van der Waals surface area contributed by atoms with Gasteiger partial charge in [-0.15, -0.1) is 0 Å². The van der Waals surface area contributed by atoms with Crippen LogP contribution in [0.1, 0.15) is 12.8 Å². The molecule has 0 bridgehead atoms. The average Bonchev–Trinajstić information content (AvgIpc) is 2.88. The van der Waals surface area contributed by atoms with E-state index < -0.39 is 0 Å². The molecule has 0 spiro atoms. The summed E-state index contributed by atoms with van der Waals surface area (Å²) in [7, 11) is 0. The first-order chi connectivity index (χ1) is 9.72. The standard InChI is InChI=1S/C13H16N4O2S/c18-9-3-2-6-17(7-9)8-12(19)14-10-4-1-5-11-13(10)16-20-15-11/h1,4-5,9,18H,2-3,6-8H2,(H,14,19). The van der Waals surface area contributed by atoms with Crippen LogP contribution in [0.4, 0.5) is 5.69 Å². The number of benzene rings is 1. The highest BCUT2D eigenvalue weighted by molar-refractivity contribution is 7.00. The number of likely N-dealkylation sites (tertiary alicyclic amines) is 1. The fourth-order valence-corrected chi connectivity index (χ4v) is 3.02. The molecule has 0 saturated carbocycles. The first-order valence-corrected chi connectivity index (χ1v) is 7.37. The van der Waals surface area contributed by atoms with Crippen molar-refractivity contribution in [2.75, 3.05) is 25.0 Å². The lowest BCUT2D eigenvalue weighted by Gasteiger charge is -2.29. The molecule has 1 atom stereocenters. The van der Waals surface area contributed by atoms with Crippen LogP contribution >= 0.6 is 11.7 Å². The van der Waals surface area contributed by atoms with Crippen LogP contribution in [0.25, 0.3) is 11.0 Å². The van der Waals surface area contributed by atoms with E-state index in [1.807, 2.05) is 23.1 Å². The third-order valence-corrected chi connectivity index (χ3v) is 3.95. The Kier molecular flexibility index (Phi) is 3.90. The minimum Gasteiger partial charge on any atom is -0.392 e. The first kappa shape index (κ1) is 13.4.